The lowest BCUT2D eigenvalue weighted by molar-refractivity contribution is -0.128. The quantitative estimate of drug-likeness (QED) is 0.775. The molecule has 1 fully saturated rings. The van der Waals surface area contributed by atoms with Gasteiger partial charge in [0.05, 0.1) is 18.7 Å². The van der Waals surface area contributed by atoms with Crippen molar-refractivity contribution in [2.24, 2.45) is 5.92 Å². The molecule has 1 aliphatic heterocycles. The van der Waals surface area contributed by atoms with E-state index in [0.717, 1.165) is 11.1 Å². The molecule has 3 rings (SSSR count). The Morgan fingerprint density at radius 1 is 1.24 bits per heavy atom. The first-order chi connectivity index (χ1) is 13.7. The molecule has 1 atom stereocenters. The average molecular weight is 415 g/mol. The van der Waals surface area contributed by atoms with Gasteiger partial charge in [-0.25, -0.2) is 0 Å². The van der Waals surface area contributed by atoms with Gasteiger partial charge in [-0.3, -0.25) is 9.59 Å². The maximum absolute atomic E-state index is 12.9. The number of hydrogen-bond acceptors (Lipinski definition) is 3. The van der Waals surface area contributed by atoms with Crippen molar-refractivity contribution in [3.05, 3.63) is 58.6 Å². The average Bonchev–Trinajstić information content (AvgIpc) is 3.03. The topological polar surface area (TPSA) is 58.6 Å². The largest absolute Gasteiger partial charge is 0.495 e. The van der Waals surface area contributed by atoms with Gasteiger partial charge in [0.25, 0.3) is 0 Å². The van der Waals surface area contributed by atoms with Gasteiger partial charge in [-0.15, -0.1) is 0 Å². The Kier molecular flexibility index (Phi) is 6.18. The fraction of sp³-hybridized carbons (Fsp3) is 0.391. The summed E-state index contributed by atoms with van der Waals surface area (Å²) in [6.07, 6.45) is 0.192. The lowest BCUT2D eigenvalue weighted by Crippen LogP contribution is -2.28. The van der Waals surface area contributed by atoms with Crippen molar-refractivity contribution in [1.82, 2.24) is 4.90 Å². The lowest BCUT2D eigenvalue weighted by Gasteiger charge is -2.22. The molecule has 6 heteroatoms. The second kappa shape index (κ2) is 8.46. The summed E-state index contributed by atoms with van der Waals surface area (Å²) < 4.78 is 5.40. The molecular weight excluding hydrogens is 388 g/mol. The summed E-state index contributed by atoms with van der Waals surface area (Å²) in [6.45, 7) is 7.12. The normalized spacial score (nSPS) is 16.8. The highest BCUT2D eigenvalue weighted by Crippen LogP contribution is 2.32. The van der Waals surface area contributed by atoms with Crippen LogP contribution in [-0.4, -0.2) is 30.4 Å². The molecule has 5 nitrogen and oxygen atoms in total. The molecule has 0 radical (unpaired) electrons. The predicted molar refractivity (Wildman–Crippen MR) is 115 cm³/mol. The first-order valence-electron chi connectivity index (χ1n) is 9.69. The van der Waals surface area contributed by atoms with Crippen molar-refractivity contribution >= 4 is 29.1 Å². The molecule has 1 heterocycles. The zero-order valence-corrected chi connectivity index (χ0v) is 18.0. The van der Waals surface area contributed by atoms with E-state index in [1.807, 2.05) is 36.4 Å². The van der Waals surface area contributed by atoms with Crippen molar-refractivity contribution in [3.63, 3.8) is 0 Å². The van der Waals surface area contributed by atoms with Gasteiger partial charge in [-0.2, -0.15) is 0 Å². The minimum Gasteiger partial charge on any atom is -0.495 e. The van der Waals surface area contributed by atoms with E-state index in [2.05, 4.69) is 26.1 Å². The van der Waals surface area contributed by atoms with E-state index in [-0.39, 0.29) is 23.7 Å². The van der Waals surface area contributed by atoms with Crippen molar-refractivity contribution in [2.45, 2.75) is 39.2 Å². The second-order valence-corrected chi connectivity index (χ2v) is 8.83. The van der Waals surface area contributed by atoms with Crippen LogP contribution >= 0.6 is 11.6 Å². The number of carbonyl (C=O) groups excluding carboxylic acids is 2. The molecule has 0 bridgehead atoms. The van der Waals surface area contributed by atoms with E-state index in [1.165, 1.54) is 0 Å². The minimum absolute atomic E-state index is 0.0412. The number of carbonyl (C=O) groups is 2. The van der Waals surface area contributed by atoms with E-state index in [1.54, 1.807) is 18.1 Å². The molecule has 154 valence electrons. The Labute approximate surface area is 177 Å². The smallest absolute Gasteiger partial charge is 0.229 e. The van der Waals surface area contributed by atoms with Crippen LogP contribution in [0.2, 0.25) is 5.02 Å². The van der Waals surface area contributed by atoms with Gasteiger partial charge < -0.3 is 15.0 Å². The first-order valence-corrected chi connectivity index (χ1v) is 10.1. The van der Waals surface area contributed by atoms with Crippen LogP contribution in [0.1, 0.15) is 38.3 Å². The van der Waals surface area contributed by atoms with Crippen LogP contribution in [0.4, 0.5) is 5.69 Å². The molecule has 1 aliphatic rings. The Bertz CT molecular complexity index is 921. The standard InChI is InChI=1S/C23H27ClN2O3/c1-23(2,3)17-9-10-20(29-4)19(12-17)25-22(28)16-11-21(27)26(14-16)13-15-7-5-6-8-18(15)24/h5-10,12,16H,11,13-14H2,1-4H3,(H,25,28)/t16-/m0/s1. The molecule has 1 N–H and O–H groups in total. The van der Waals surface area contributed by atoms with Gasteiger partial charge in [-0.1, -0.05) is 56.6 Å². The molecule has 0 unspecified atom stereocenters. The number of hydrogen-bond donors (Lipinski definition) is 1. The number of nitrogens with zero attached hydrogens (tertiary/aromatic N) is 1. The van der Waals surface area contributed by atoms with Crippen LogP contribution in [0.25, 0.3) is 0 Å². The lowest BCUT2D eigenvalue weighted by atomic mass is 9.86. The molecule has 0 spiro atoms. The minimum atomic E-state index is -0.409. The van der Waals surface area contributed by atoms with Crippen LogP contribution in [-0.2, 0) is 21.5 Å². The second-order valence-electron chi connectivity index (χ2n) is 8.42. The van der Waals surface area contributed by atoms with Gasteiger partial charge in [0.1, 0.15) is 5.75 Å². The van der Waals surface area contributed by atoms with Gasteiger partial charge in [0.2, 0.25) is 11.8 Å². The van der Waals surface area contributed by atoms with Crippen LogP contribution in [0, 0.1) is 5.92 Å². The fourth-order valence-electron chi connectivity index (χ4n) is 3.44. The maximum atomic E-state index is 12.9. The number of methoxy groups -OCH3 is 1. The summed E-state index contributed by atoms with van der Waals surface area (Å²) in [5.74, 6) is -0.0265. The van der Waals surface area contributed by atoms with Gasteiger partial charge in [0.15, 0.2) is 0 Å². The van der Waals surface area contributed by atoms with Crippen LogP contribution in [0.15, 0.2) is 42.5 Å². The molecule has 2 amide bonds. The summed E-state index contributed by atoms with van der Waals surface area (Å²) in [5.41, 5.74) is 2.54. The Morgan fingerprint density at radius 3 is 2.62 bits per heavy atom. The van der Waals surface area contributed by atoms with Crippen molar-refractivity contribution in [1.29, 1.82) is 0 Å². The third-order valence-corrected chi connectivity index (χ3v) is 5.60. The van der Waals surface area contributed by atoms with E-state index >= 15 is 0 Å². The highest BCUT2D eigenvalue weighted by Gasteiger charge is 2.35. The number of ether oxygens (including phenoxy) is 1. The fourth-order valence-corrected chi connectivity index (χ4v) is 3.64. The van der Waals surface area contributed by atoms with Gasteiger partial charge in [0, 0.05) is 24.5 Å². The number of amides is 2. The summed E-state index contributed by atoms with van der Waals surface area (Å²) in [5, 5.41) is 3.59. The number of benzene rings is 2. The van der Waals surface area contributed by atoms with Crippen LogP contribution < -0.4 is 10.1 Å². The summed E-state index contributed by atoms with van der Waals surface area (Å²) in [4.78, 5) is 27.0. The van der Waals surface area contributed by atoms with E-state index in [9.17, 15) is 9.59 Å². The maximum Gasteiger partial charge on any atom is 0.229 e. The predicted octanol–water partition coefficient (Wildman–Crippen LogP) is 4.63. The number of nitrogens with one attached hydrogen (secondary N) is 1. The van der Waals surface area contributed by atoms with Crippen molar-refractivity contribution in [2.75, 3.05) is 19.0 Å². The van der Waals surface area contributed by atoms with Crippen LogP contribution in [0.5, 0.6) is 5.75 Å². The molecular formula is C23H27ClN2O3. The number of halogens is 1. The molecule has 2 aromatic rings. The molecule has 0 saturated carbocycles. The van der Waals surface area contributed by atoms with Gasteiger partial charge >= 0.3 is 0 Å². The molecule has 0 aromatic heterocycles. The summed E-state index contributed by atoms with van der Waals surface area (Å²) in [7, 11) is 1.58. The number of anilines is 1. The summed E-state index contributed by atoms with van der Waals surface area (Å²) in [6, 6.07) is 13.2. The monoisotopic (exact) mass is 414 g/mol. The number of rotatable bonds is 5. The van der Waals surface area contributed by atoms with E-state index in [4.69, 9.17) is 16.3 Å². The Balaban J connectivity index is 1.72. The molecule has 29 heavy (non-hydrogen) atoms. The van der Waals surface area contributed by atoms with E-state index in [0.29, 0.717) is 29.5 Å². The Hall–Kier alpha value is -2.53. The first kappa shape index (κ1) is 21.2. The van der Waals surface area contributed by atoms with Crippen LogP contribution in [0.3, 0.4) is 0 Å². The van der Waals surface area contributed by atoms with Crippen molar-refractivity contribution < 1.29 is 14.3 Å². The zero-order chi connectivity index (χ0) is 21.2. The van der Waals surface area contributed by atoms with Crippen molar-refractivity contribution in [3.8, 4) is 5.75 Å². The van der Waals surface area contributed by atoms with E-state index < -0.39 is 5.92 Å². The SMILES string of the molecule is COc1ccc(C(C)(C)C)cc1NC(=O)[C@H]1CC(=O)N(Cc2ccccc2Cl)C1. The van der Waals surface area contributed by atoms with Gasteiger partial charge in [-0.05, 0) is 34.7 Å². The third kappa shape index (κ3) is 4.91. The number of likely N-dealkylation sites (tertiary alicyclic amines) is 1. The highest BCUT2D eigenvalue weighted by atomic mass is 35.5. The summed E-state index contributed by atoms with van der Waals surface area (Å²) >= 11 is 6.21. The highest BCUT2D eigenvalue weighted by molar-refractivity contribution is 6.31. The third-order valence-electron chi connectivity index (χ3n) is 5.23. The molecule has 0 aliphatic carbocycles. The zero-order valence-electron chi connectivity index (χ0n) is 17.3. The molecule has 1 saturated heterocycles. The Morgan fingerprint density at radius 2 is 1.97 bits per heavy atom. The molecule has 2 aromatic carbocycles.